The molecule has 0 spiro atoms. The van der Waals surface area contributed by atoms with E-state index in [1.807, 2.05) is 60.7 Å². The Morgan fingerprint density at radius 1 is 0.354 bits per heavy atom. The molecule has 0 bridgehead atoms. The Kier molecular flexibility index (Phi) is 6.52. The summed E-state index contributed by atoms with van der Waals surface area (Å²) in [6.07, 6.45) is 0. The molecule has 0 saturated carbocycles. The summed E-state index contributed by atoms with van der Waals surface area (Å²) in [5, 5.41) is 12.1. The van der Waals surface area contributed by atoms with E-state index in [1.54, 1.807) is 0 Å². The van der Waals surface area contributed by atoms with Crippen molar-refractivity contribution >= 4 is 10.8 Å². The fourth-order valence-electron chi connectivity index (χ4n) is 7.03. The maximum atomic E-state index is 9.51. The molecule has 1 aliphatic rings. The molecule has 48 heavy (non-hydrogen) atoms. The zero-order valence-electron chi connectivity index (χ0n) is 25.9. The molecule has 9 rings (SSSR count). The highest BCUT2D eigenvalue weighted by atomic mass is 14.9. The summed E-state index contributed by atoms with van der Waals surface area (Å²) in [5.74, 6) is 0. The van der Waals surface area contributed by atoms with E-state index < -0.39 is 0 Å². The standard InChI is InChI=1S/C45H27N3/c46-28-29-21-23-32(24-22-29)44-45(48-43(31-13-5-2-6-14-31)42(47-44)30-11-3-1-4-12-30)34-16-9-15-33(27-34)35-25-26-40-37-18-8-7-17-36(37)39-20-10-19-38(35)41(39)40/h1-27H. The van der Waals surface area contributed by atoms with Crippen LogP contribution in [0, 0.1) is 11.3 Å². The summed E-state index contributed by atoms with van der Waals surface area (Å²) in [5.41, 5.74) is 15.1. The first kappa shape index (κ1) is 27.7. The van der Waals surface area contributed by atoms with Crippen LogP contribution < -0.4 is 0 Å². The molecular weight excluding hydrogens is 583 g/mol. The van der Waals surface area contributed by atoms with E-state index >= 15 is 0 Å². The number of hydrogen-bond acceptors (Lipinski definition) is 3. The van der Waals surface area contributed by atoms with E-state index in [1.165, 1.54) is 38.6 Å². The van der Waals surface area contributed by atoms with Crippen LogP contribution in [0.15, 0.2) is 164 Å². The van der Waals surface area contributed by atoms with Crippen LogP contribution in [0.5, 0.6) is 0 Å². The average Bonchev–Trinajstić information content (AvgIpc) is 3.50. The van der Waals surface area contributed by atoms with Crippen LogP contribution in [0.2, 0.25) is 0 Å². The smallest absolute Gasteiger partial charge is 0.0991 e. The van der Waals surface area contributed by atoms with Crippen molar-refractivity contribution in [3.05, 3.63) is 169 Å². The van der Waals surface area contributed by atoms with Crippen molar-refractivity contribution in [1.29, 1.82) is 5.26 Å². The van der Waals surface area contributed by atoms with Crippen LogP contribution in [-0.4, -0.2) is 9.97 Å². The first-order valence-electron chi connectivity index (χ1n) is 16.1. The molecule has 8 aromatic rings. The van der Waals surface area contributed by atoms with Crippen molar-refractivity contribution in [3.63, 3.8) is 0 Å². The quantitative estimate of drug-likeness (QED) is 0.195. The van der Waals surface area contributed by atoms with E-state index in [0.717, 1.165) is 50.6 Å². The molecule has 0 saturated heterocycles. The maximum Gasteiger partial charge on any atom is 0.0991 e. The Morgan fingerprint density at radius 2 is 0.812 bits per heavy atom. The second kappa shape index (κ2) is 11.3. The lowest BCUT2D eigenvalue weighted by molar-refractivity contribution is 1.21. The second-order valence-electron chi connectivity index (χ2n) is 12.1. The molecule has 0 radical (unpaired) electrons. The first-order chi connectivity index (χ1) is 23.8. The Labute approximate surface area is 279 Å². The zero-order chi connectivity index (χ0) is 32.0. The molecule has 0 fully saturated rings. The van der Waals surface area contributed by atoms with Crippen molar-refractivity contribution in [1.82, 2.24) is 9.97 Å². The minimum atomic E-state index is 0.605. The average molecular weight is 610 g/mol. The highest BCUT2D eigenvalue weighted by Crippen LogP contribution is 2.49. The van der Waals surface area contributed by atoms with Gasteiger partial charge in [-0.2, -0.15) is 5.26 Å². The zero-order valence-corrected chi connectivity index (χ0v) is 25.9. The van der Waals surface area contributed by atoms with E-state index in [-0.39, 0.29) is 0 Å². The number of fused-ring (bicyclic) bond motifs is 3. The van der Waals surface area contributed by atoms with E-state index in [9.17, 15) is 5.26 Å². The van der Waals surface area contributed by atoms with Gasteiger partial charge >= 0.3 is 0 Å². The molecule has 1 aromatic heterocycles. The third-order valence-electron chi connectivity index (χ3n) is 9.27. The van der Waals surface area contributed by atoms with Crippen LogP contribution in [0.25, 0.3) is 89.2 Å². The molecule has 222 valence electrons. The summed E-state index contributed by atoms with van der Waals surface area (Å²) in [7, 11) is 0. The summed E-state index contributed by atoms with van der Waals surface area (Å²) in [6, 6.07) is 58.8. The normalized spacial score (nSPS) is 11.3. The van der Waals surface area contributed by atoms with Crippen LogP contribution in [0.3, 0.4) is 0 Å². The van der Waals surface area contributed by atoms with Gasteiger partial charge in [-0.3, -0.25) is 0 Å². The van der Waals surface area contributed by atoms with Crippen LogP contribution in [0.4, 0.5) is 0 Å². The molecule has 0 unspecified atom stereocenters. The molecule has 3 nitrogen and oxygen atoms in total. The van der Waals surface area contributed by atoms with E-state index in [0.29, 0.717) is 5.56 Å². The molecule has 3 heteroatoms. The Morgan fingerprint density at radius 3 is 1.44 bits per heavy atom. The first-order valence-corrected chi connectivity index (χ1v) is 16.1. The van der Waals surface area contributed by atoms with Gasteiger partial charge in [0, 0.05) is 22.3 Å². The van der Waals surface area contributed by atoms with Gasteiger partial charge in [-0.1, -0.05) is 146 Å². The Bertz CT molecular complexity index is 2520. The van der Waals surface area contributed by atoms with Gasteiger partial charge in [-0.05, 0) is 62.4 Å². The summed E-state index contributed by atoms with van der Waals surface area (Å²) < 4.78 is 0. The number of nitrogens with zero attached hydrogens (tertiary/aromatic N) is 3. The fourth-order valence-corrected chi connectivity index (χ4v) is 7.03. The van der Waals surface area contributed by atoms with E-state index in [2.05, 4.69) is 109 Å². The van der Waals surface area contributed by atoms with Gasteiger partial charge in [0.2, 0.25) is 0 Å². The van der Waals surface area contributed by atoms with Gasteiger partial charge < -0.3 is 0 Å². The molecule has 1 heterocycles. The van der Waals surface area contributed by atoms with Gasteiger partial charge in [0.1, 0.15) is 0 Å². The van der Waals surface area contributed by atoms with Gasteiger partial charge in [0.05, 0.1) is 34.4 Å². The van der Waals surface area contributed by atoms with Gasteiger partial charge in [-0.25, -0.2) is 9.97 Å². The molecule has 0 amide bonds. The number of benzene rings is 7. The van der Waals surface area contributed by atoms with Crippen molar-refractivity contribution in [3.8, 4) is 84.5 Å². The predicted molar refractivity (Wildman–Crippen MR) is 196 cm³/mol. The molecule has 7 aromatic carbocycles. The second-order valence-corrected chi connectivity index (χ2v) is 12.1. The minimum absolute atomic E-state index is 0.605. The largest absolute Gasteiger partial charge is 0.243 e. The van der Waals surface area contributed by atoms with Crippen molar-refractivity contribution in [2.75, 3.05) is 0 Å². The number of aromatic nitrogens is 2. The lowest BCUT2D eigenvalue weighted by atomic mass is 9.92. The topological polar surface area (TPSA) is 49.6 Å². The summed E-state index contributed by atoms with van der Waals surface area (Å²) >= 11 is 0. The lowest BCUT2D eigenvalue weighted by Gasteiger charge is -2.17. The monoisotopic (exact) mass is 609 g/mol. The fraction of sp³-hybridized carbons (Fsp3) is 0. The number of hydrogen-bond donors (Lipinski definition) is 0. The summed E-state index contributed by atoms with van der Waals surface area (Å²) in [6.45, 7) is 0. The van der Waals surface area contributed by atoms with E-state index in [4.69, 9.17) is 9.97 Å². The molecule has 0 aliphatic heterocycles. The lowest BCUT2D eigenvalue weighted by Crippen LogP contribution is -2.01. The van der Waals surface area contributed by atoms with Gasteiger partial charge in [0.15, 0.2) is 0 Å². The third-order valence-corrected chi connectivity index (χ3v) is 9.27. The minimum Gasteiger partial charge on any atom is -0.243 e. The Balaban J connectivity index is 1.28. The van der Waals surface area contributed by atoms with Crippen LogP contribution >= 0.6 is 0 Å². The number of rotatable bonds is 5. The van der Waals surface area contributed by atoms with Gasteiger partial charge in [0.25, 0.3) is 0 Å². The molecule has 0 N–H and O–H groups in total. The summed E-state index contributed by atoms with van der Waals surface area (Å²) in [4.78, 5) is 10.8. The Hall–Kier alpha value is -6.63. The highest BCUT2D eigenvalue weighted by Gasteiger charge is 2.23. The van der Waals surface area contributed by atoms with Crippen LogP contribution in [-0.2, 0) is 0 Å². The van der Waals surface area contributed by atoms with Crippen molar-refractivity contribution in [2.45, 2.75) is 0 Å². The molecule has 1 aliphatic carbocycles. The van der Waals surface area contributed by atoms with Gasteiger partial charge in [-0.15, -0.1) is 0 Å². The highest BCUT2D eigenvalue weighted by molar-refractivity contribution is 6.18. The van der Waals surface area contributed by atoms with Crippen LogP contribution in [0.1, 0.15) is 5.56 Å². The SMILES string of the molecule is N#Cc1ccc(-c2nc(-c3ccccc3)c(-c3ccccc3)nc2-c2cccc(-c3ccc4c5c(cccc35)-c3ccccc3-4)c2)cc1. The third kappa shape index (κ3) is 4.51. The molecular formula is C45H27N3. The van der Waals surface area contributed by atoms with Crippen molar-refractivity contribution in [2.24, 2.45) is 0 Å². The molecule has 0 atom stereocenters. The number of nitriles is 1. The maximum absolute atomic E-state index is 9.51. The van der Waals surface area contributed by atoms with Crippen molar-refractivity contribution < 1.29 is 0 Å². The predicted octanol–water partition coefficient (Wildman–Crippen LogP) is 11.5.